The van der Waals surface area contributed by atoms with E-state index in [1.165, 1.54) is 0 Å². The van der Waals surface area contributed by atoms with E-state index in [0.29, 0.717) is 12.3 Å². The number of rotatable bonds is 12. The van der Waals surface area contributed by atoms with E-state index in [1.54, 1.807) is 19.6 Å². The number of carbonyl (C=O) groups excluding carboxylic acids is 1. The number of hydrogen-bond acceptors (Lipinski definition) is 5. The summed E-state index contributed by atoms with van der Waals surface area (Å²) in [5.41, 5.74) is 3.77. The van der Waals surface area contributed by atoms with Crippen LogP contribution in [0.15, 0.2) is 59.4 Å². The van der Waals surface area contributed by atoms with Gasteiger partial charge in [-0.25, -0.2) is 0 Å². The van der Waals surface area contributed by atoms with Crippen molar-refractivity contribution in [3.63, 3.8) is 0 Å². The number of unbranched alkanes of at least 4 members (excludes halogenated alkanes) is 2. The highest BCUT2D eigenvalue weighted by Gasteiger charge is 2.48. The van der Waals surface area contributed by atoms with Gasteiger partial charge in [0.1, 0.15) is 5.75 Å². The van der Waals surface area contributed by atoms with Gasteiger partial charge in [-0.15, -0.1) is 0 Å². The number of ether oxygens (including phenoxy) is 1. The van der Waals surface area contributed by atoms with Gasteiger partial charge in [0.2, 0.25) is 5.91 Å². The third-order valence-corrected chi connectivity index (χ3v) is 7.57. The maximum Gasteiger partial charge on any atom is 0.309 e. The molecule has 4 rings (SSSR count). The minimum absolute atomic E-state index is 0.0626. The lowest BCUT2D eigenvalue weighted by Crippen LogP contribution is -2.42. The second-order valence-corrected chi connectivity index (χ2v) is 9.92. The van der Waals surface area contributed by atoms with Gasteiger partial charge in [-0.2, -0.15) is 0 Å². The first-order valence-electron chi connectivity index (χ1n) is 13.3. The van der Waals surface area contributed by atoms with Crippen LogP contribution in [-0.4, -0.2) is 60.1 Å². The zero-order valence-corrected chi connectivity index (χ0v) is 22.1. The Morgan fingerprint density at radius 1 is 1.05 bits per heavy atom. The molecule has 0 aromatic heterocycles. The summed E-state index contributed by atoms with van der Waals surface area (Å²) in [7, 11) is 1.61. The summed E-state index contributed by atoms with van der Waals surface area (Å²) < 4.78 is 10.8. The molecular weight excluding hydrogens is 468 g/mol. The first-order valence-corrected chi connectivity index (χ1v) is 13.3. The van der Waals surface area contributed by atoms with Crippen molar-refractivity contribution < 1.29 is 23.8 Å². The molecule has 0 spiro atoms. The quantitative estimate of drug-likeness (QED) is 0.341. The van der Waals surface area contributed by atoms with Gasteiger partial charge in [-0.05, 0) is 47.7 Å². The Morgan fingerprint density at radius 2 is 1.76 bits per heavy atom. The molecule has 37 heavy (non-hydrogen) atoms. The Hall–Kier alpha value is -3.32. The number of carbonyl (C=O) groups is 2. The van der Waals surface area contributed by atoms with Crippen molar-refractivity contribution in [1.82, 2.24) is 9.80 Å². The number of fused-ring (bicyclic) bond motifs is 1. The van der Waals surface area contributed by atoms with Crippen LogP contribution in [0.3, 0.4) is 0 Å². The molecule has 198 valence electrons. The number of likely N-dealkylation sites (tertiary alicyclic amines) is 1. The van der Waals surface area contributed by atoms with Crippen LogP contribution in [0.5, 0.6) is 5.75 Å². The molecule has 7 heteroatoms. The van der Waals surface area contributed by atoms with Crippen LogP contribution in [-0.2, 0) is 9.59 Å². The molecule has 0 bridgehead atoms. The molecule has 1 aliphatic carbocycles. The molecule has 1 aromatic carbocycles. The number of aliphatic carboxylic acids is 1. The van der Waals surface area contributed by atoms with Crippen molar-refractivity contribution in [2.75, 3.05) is 33.3 Å². The van der Waals surface area contributed by atoms with E-state index in [9.17, 15) is 14.7 Å². The summed E-state index contributed by atoms with van der Waals surface area (Å²) >= 11 is 0. The number of amides is 1. The lowest BCUT2D eigenvalue weighted by molar-refractivity contribution is -0.144. The summed E-state index contributed by atoms with van der Waals surface area (Å²) in [6.45, 7) is 6.38. The first kappa shape index (κ1) is 26.7. The fraction of sp³-hybridized carbons (Fsp3) is 0.467. The zero-order chi connectivity index (χ0) is 26.4. The van der Waals surface area contributed by atoms with E-state index in [0.717, 1.165) is 61.0 Å². The number of carboxylic acids is 1. The van der Waals surface area contributed by atoms with Crippen LogP contribution in [0.4, 0.5) is 0 Å². The second kappa shape index (κ2) is 12.3. The molecule has 1 amide bonds. The number of nitrogens with zero attached hydrogens (tertiary/aromatic N) is 2. The number of methoxy groups -OCH3 is 1. The van der Waals surface area contributed by atoms with E-state index >= 15 is 0 Å². The molecule has 2 aliphatic heterocycles. The van der Waals surface area contributed by atoms with Crippen LogP contribution in [0, 0.1) is 5.92 Å². The van der Waals surface area contributed by atoms with Gasteiger partial charge in [0.15, 0.2) is 0 Å². The molecule has 7 nitrogen and oxygen atoms in total. The summed E-state index contributed by atoms with van der Waals surface area (Å²) in [5, 5.41) is 10.5. The zero-order valence-electron chi connectivity index (χ0n) is 22.1. The number of carboxylic acid groups (broad SMARTS) is 1. The first-order chi connectivity index (χ1) is 18.0. The standard InChI is InChI=1S/C30H38N2O5/c1-4-6-15-31(16-7-5-2)27(33)19-32-18-25(24-13-10-21-14-17-37-20-26(21)24)28(30(34)35)29(32)22-8-11-23(36-3)12-9-22/h8-14,17,20,25,28-29H,4-7,15-16,18-19H2,1-3H3,(H,34,35). The molecule has 1 saturated heterocycles. The van der Waals surface area contributed by atoms with E-state index < -0.39 is 17.9 Å². The van der Waals surface area contributed by atoms with E-state index in [-0.39, 0.29) is 18.4 Å². The number of hydrogen-bond donors (Lipinski definition) is 1. The van der Waals surface area contributed by atoms with Crippen molar-refractivity contribution in [3.8, 4) is 16.9 Å². The normalized spacial score (nSPS) is 19.8. The highest BCUT2D eigenvalue weighted by molar-refractivity contribution is 5.80. The Labute approximate surface area is 219 Å². The molecule has 0 radical (unpaired) electrons. The molecule has 3 aliphatic rings. The van der Waals surface area contributed by atoms with E-state index in [2.05, 4.69) is 18.7 Å². The predicted molar refractivity (Wildman–Crippen MR) is 143 cm³/mol. The molecular formula is C30H38N2O5. The van der Waals surface area contributed by atoms with Crippen molar-refractivity contribution in [1.29, 1.82) is 0 Å². The highest BCUT2D eigenvalue weighted by Crippen LogP contribution is 2.49. The van der Waals surface area contributed by atoms with Crippen molar-refractivity contribution in [2.24, 2.45) is 5.92 Å². The molecule has 1 aromatic rings. The Balaban J connectivity index is 1.70. The minimum Gasteiger partial charge on any atom is -0.497 e. The fourth-order valence-electron chi connectivity index (χ4n) is 5.59. The number of benzene rings is 1. The second-order valence-electron chi connectivity index (χ2n) is 9.92. The minimum atomic E-state index is -0.864. The lowest BCUT2D eigenvalue weighted by Gasteiger charge is -2.30. The lowest BCUT2D eigenvalue weighted by atomic mass is 9.82. The average molecular weight is 507 g/mol. The maximum atomic E-state index is 13.6. The van der Waals surface area contributed by atoms with Crippen LogP contribution >= 0.6 is 0 Å². The third-order valence-electron chi connectivity index (χ3n) is 7.57. The largest absolute Gasteiger partial charge is 0.497 e. The van der Waals surface area contributed by atoms with E-state index in [4.69, 9.17) is 9.15 Å². The molecule has 3 atom stereocenters. The topological polar surface area (TPSA) is 83.2 Å². The van der Waals surface area contributed by atoms with Crippen LogP contribution in [0.1, 0.15) is 62.6 Å². The smallest absolute Gasteiger partial charge is 0.309 e. The molecule has 0 saturated carbocycles. The van der Waals surface area contributed by atoms with Gasteiger partial charge in [0.05, 0.1) is 32.1 Å². The van der Waals surface area contributed by atoms with Gasteiger partial charge in [0, 0.05) is 37.2 Å². The van der Waals surface area contributed by atoms with Gasteiger partial charge >= 0.3 is 5.97 Å². The van der Waals surface area contributed by atoms with Crippen LogP contribution < -0.4 is 4.74 Å². The molecule has 3 unspecified atom stereocenters. The van der Waals surface area contributed by atoms with E-state index in [1.807, 2.05) is 47.4 Å². The van der Waals surface area contributed by atoms with Crippen LogP contribution in [0.2, 0.25) is 0 Å². The summed E-state index contributed by atoms with van der Waals surface area (Å²) in [4.78, 5) is 30.4. The average Bonchev–Trinajstić information content (AvgIpc) is 3.50. The maximum absolute atomic E-state index is 13.6. The Bertz CT molecular complexity index is 1130. The Kier molecular flexibility index (Phi) is 8.87. The van der Waals surface area contributed by atoms with Crippen molar-refractivity contribution in [3.05, 3.63) is 66.1 Å². The summed E-state index contributed by atoms with van der Waals surface area (Å²) in [5.74, 6) is -1.09. The van der Waals surface area contributed by atoms with Crippen molar-refractivity contribution in [2.45, 2.75) is 51.5 Å². The monoisotopic (exact) mass is 506 g/mol. The van der Waals surface area contributed by atoms with Crippen LogP contribution in [0.25, 0.3) is 11.1 Å². The Morgan fingerprint density at radius 3 is 2.38 bits per heavy atom. The molecule has 2 heterocycles. The third kappa shape index (κ3) is 5.82. The highest BCUT2D eigenvalue weighted by atomic mass is 16.5. The van der Waals surface area contributed by atoms with Gasteiger partial charge in [-0.1, -0.05) is 51.0 Å². The van der Waals surface area contributed by atoms with Gasteiger partial charge in [0.25, 0.3) is 0 Å². The predicted octanol–water partition coefficient (Wildman–Crippen LogP) is 5.66. The van der Waals surface area contributed by atoms with Gasteiger partial charge in [-0.3, -0.25) is 14.5 Å². The summed E-state index contributed by atoms with van der Waals surface area (Å²) in [6, 6.07) is 13.0. The fourth-order valence-corrected chi connectivity index (χ4v) is 5.59. The molecule has 1 N–H and O–H groups in total. The summed E-state index contributed by atoms with van der Waals surface area (Å²) in [6.07, 6.45) is 7.28. The SMILES string of the molecule is CCCCN(CCCC)C(=O)CN1CC(c2ccc3ccocc2-3)C(C(=O)O)C1c1ccc(OC)cc1. The molecule has 1 fully saturated rings. The van der Waals surface area contributed by atoms with Crippen molar-refractivity contribution >= 4 is 11.9 Å². The van der Waals surface area contributed by atoms with Gasteiger partial charge < -0.3 is 19.2 Å².